The maximum Gasteiger partial charge on any atom is 0.293 e. The number of anilines is 1. The van der Waals surface area contributed by atoms with Gasteiger partial charge in [0.05, 0.1) is 17.0 Å². The highest BCUT2D eigenvalue weighted by Gasteiger charge is 2.32. The van der Waals surface area contributed by atoms with Crippen molar-refractivity contribution in [2.24, 2.45) is 0 Å². The summed E-state index contributed by atoms with van der Waals surface area (Å²) in [6.07, 6.45) is 1.34. The highest BCUT2D eigenvalue weighted by Crippen LogP contribution is 2.36. The Labute approximate surface area is 162 Å². The van der Waals surface area contributed by atoms with Crippen LogP contribution in [0.4, 0.5) is 10.1 Å². The van der Waals surface area contributed by atoms with E-state index < -0.39 is 21.1 Å². The van der Waals surface area contributed by atoms with E-state index in [1.54, 1.807) is 0 Å². The predicted molar refractivity (Wildman–Crippen MR) is 94.1 cm³/mol. The zero-order valence-electron chi connectivity index (χ0n) is 13.9. The van der Waals surface area contributed by atoms with Gasteiger partial charge in [-0.05, 0) is 41.9 Å². The first-order valence-electron chi connectivity index (χ1n) is 7.81. The SMILES string of the molecule is O=C(Cl)c1noc(-c2cnc3c(c2)N(S(=O)(=O)c2ccc(F)cc2)CCO3)n1. The van der Waals surface area contributed by atoms with Crippen molar-refractivity contribution in [3.63, 3.8) is 0 Å². The number of carbonyl (C=O) groups excluding carboxylic acids is 1. The molecule has 0 saturated heterocycles. The summed E-state index contributed by atoms with van der Waals surface area (Å²) in [5.74, 6) is -0.856. The minimum Gasteiger partial charge on any atom is -0.474 e. The van der Waals surface area contributed by atoms with Gasteiger partial charge < -0.3 is 9.26 Å². The van der Waals surface area contributed by atoms with Crippen LogP contribution in [0.3, 0.4) is 0 Å². The van der Waals surface area contributed by atoms with E-state index in [9.17, 15) is 17.6 Å². The fourth-order valence-corrected chi connectivity index (χ4v) is 4.11. The van der Waals surface area contributed by atoms with Crippen LogP contribution in [0.1, 0.15) is 10.6 Å². The first kappa shape index (κ1) is 18.3. The van der Waals surface area contributed by atoms with Crippen molar-refractivity contribution in [3.05, 3.63) is 48.2 Å². The Morgan fingerprint density at radius 1 is 1.25 bits per heavy atom. The van der Waals surface area contributed by atoms with E-state index in [1.165, 1.54) is 24.4 Å². The van der Waals surface area contributed by atoms with Gasteiger partial charge in [0.2, 0.25) is 5.88 Å². The third-order valence-electron chi connectivity index (χ3n) is 3.88. The Hall–Kier alpha value is -3.05. The summed E-state index contributed by atoms with van der Waals surface area (Å²) in [6.45, 7) is 0.109. The number of pyridine rings is 1. The van der Waals surface area contributed by atoms with Gasteiger partial charge in [0.25, 0.3) is 27.0 Å². The lowest BCUT2D eigenvalue weighted by molar-refractivity contribution is 0.107. The molecule has 3 aromatic rings. The number of sulfonamides is 1. The largest absolute Gasteiger partial charge is 0.474 e. The molecule has 0 aliphatic carbocycles. The Kier molecular flexibility index (Phi) is 4.47. The van der Waals surface area contributed by atoms with Crippen LogP contribution in [0.25, 0.3) is 11.5 Å². The molecule has 1 aliphatic heterocycles. The standard InChI is InChI=1S/C16H10ClFN4O5S/c17-13(23)14-20-15(27-21-14)9-7-12-16(19-8-9)26-6-5-22(12)28(24,25)11-3-1-10(18)2-4-11/h1-4,7-8H,5-6H2. The lowest BCUT2D eigenvalue weighted by Crippen LogP contribution is -2.38. The number of hydrogen-bond donors (Lipinski definition) is 0. The minimum absolute atomic E-state index is 0.0209. The third kappa shape index (κ3) is 3.18. The number of aromatic nitrogens is 3. The van der Waals surface area contributed by atoms with Crippen LogP contribution < -0.4 is 9.04 Å². The first-order valence-corrected chi connectivity index (χ1v) is 9.63. The number of halogens is 2. The Bertz CT molecular complexity index is 1170. The van der Waals surface area contributed by atoms with E-state index in [4.69, 9.17) is 20.9 Å². The summed E-state index contributed by atoms with van der Waals surface area (Å²) < 4.78 is 50.7. The van der Waals surface area contributed by atoms with Gasteiger partial charge in [-0.2, -0.15) is 4.98 Å². The van der Waals surface area contributed by atoms with Gasteiger partial charge in [-0.3, -0.25) is 9.10 Å². The maximum atomic E-state index is 13.2. The van der Waals surface area contributed by atoms with E-state index in [-0.39, 0.29) is 46.9 Å². The summed E-state index contributed by atoms with van der Waals surface area (Å²) in [4.78, 5) is 19.0. The quantitative estimate of drug-likeness (QED) is 0.585. The van der Waals surface area contributed by atoms with E-state index in [0.29, 0.717) is 0 Å². The number of rotatable bonds is 4. The highest BCUT2D eigenvalue weighted by atomic mass is 35.5. The number of fused-ring (bicyclic) bond motifs is 1. The van der Waals surface area contributed by atoms with E-state index in [2.05, 4.69) is 15.1 Å². The Morgan fingerprint density at radius 3 is 2.68 bits per heavy atom. The van der Waals surface area contributed by atoms with Crippen molar-refractivity contribution in [3.8, 4) is 17.3 Å². The summed E-state index contributed by atoms with van der Waals surface area (Å²) in [6, 6.07) is 5.90. The summed E-state index contributed by atoms with van der Waals surface area (Å²) >= 11 is 5.31. The van der Waals surface area contributed by atoms with Crippen LogP contribution >= 0.6 is 11.6 Å². The number of hydrogen-bond acceptors (Lipinski definition) is 8. The average molecular weight is 425 g/mol. The topological polar surface area (TPSA) is 115 Å². The fraction of sp³-hybridized carbons (Fsp3) is 0.125. The average Bonchev–Trinajstić information content (AvgIpc) is 3.18. The molecule has 144 valence electrons. The van der Waals surface area contributed by atoms with E-state index in [0.717, 1.165) is 16.4 Å². The number of nitrogens with zero attached hydrogens (tertiary/aromatic N) is 4. The van der Waals surface area contributed by atoms with Gasteiger partial charge in [-0.15, -0.1) is 0 Å². The molecule has 0 amide bonds. The molecule has 1 aliphatic rings. The number of ether oxygens (including phenoxy) is 1. The van der Waals surface area contributed by atoms with Crippen molar-refractivity contribution >= 4 is 32.6 Å². The van der Waals surface area contributed by atoms with E-state index in [1.807, 2.05) is 0 Å². The molecule has 1 aromatic carbocycles. The molecule has 12 heteroatoms. The number of benzene rings is 1. The van der Waals surface area contributed by atoms with Crippen molar-refractivity contribution in [1.82, 2.24) is 15.1 Å². The molecular weight excluding hydrogens is 415 g/mol. The van der Waals surface area contributed by atoms with Gasteiger partial charge in [-0.1, -0.05) is 5.16 Å². The summed E-state index contributed by atoms with van der Waals surface area (Å²) in [5, 5.41) is 2.54. The van der Waals surface area contributed by atoms with E-state index >= 15 is 0 Å². The molecule has 2 aromatic heterocycles. The predicted octanol–water partition coefficient (Wildman–Crippen LogP) is 2.24. The molecule has 0 atom stereocenters. The van der Waals surface area contributed by atoms with Crippen LogP contribution in [-0.4, -0.2) is 41.9 Å². The Balaban J connectivity index is 1.77. The molecule has 0 fully saturated rings. The molecule has 0 bridgehead atoms. The lowest BCUT2D eigenvalue weighted by atomic mass is 10.2. The summed E-state index contributed by atoms with van der Waals surface area (Å²) in [7, 11) is -3.99. The molecular formula is C16H10ClFN4O5S. The van der Waals surface area contributed by atoms with Crippen LogP contribution in [0.5, 0.6) is 5.88 Å². The zero-order chi connectivity index (χ0) is 19.9. The molecule has 4 rings (SSSR count). The minimum atomic E-state index is -3.99. The van der Waals surface area contributed by atoms with Gasteiger partial charge in [0.1, 0.15) is 18.1 Å². The van der Waals surface area contributed by atoms with Crippen molar-refractivity contribution in [1.29, 1.82) is 0 Å². The molecule has 9 nitrogen and oxygen atoms in total. The number of carbonyl (C=O) groups is 1. The molecule has 0 N–H and O–H groups in total. The highest BCUT2D eigenvalue weighted by molar-refractivity contribution is 7.92. The van der Waals surface area contributed by atoms with Gasteiger partial charge >= 0.3 is 0 Å². The normalized spacial score (nSPS) is 13.7. The molecule has 28 heavy (non-hydrogen) atoms. The second-order valence-corrected chi connectivity index (χ2v) is 7.83. The fourth-order valence-electron chi connectivity index (χ4n) is 2.60. The van der Waals surface area contributed by atoms with Crippen LogP contribution in [0, 0.1) is 5.82 Å². The van der Waals surface area contributed by atoms with Crippen molar-refractivity contribution < 1.29 is 26.9 Å². The van der Waals surface area contributed by atoms with Crippen molar-refractivity contribution in [2.45, 2.75) is 4.90 Å². The van der Waals surface area contributed by atoms with Gasteiger partial charge in [0.15, 0.2) is 0 Å². The van der Waals surface area contributed by atoms with Crippen LogP contribution in [0.15, 0.2) is 45.9 Å². The first-order chi connectivity index (χ1) is 13.4. The Morgan fingerprint density at radius 2 is 2.00 bits per heavy atom. The second kappa shape index (κ2) is 6.84. The molecule has 0 unspecified atom stereocenters. The lowest BCUT2D eigenvalue weighted by Gasteiger charge is -2.29. The van der Waals surface area contributed by atoms with Gasteiger partial charge in [0, 0.05) is 6.20 Å². The molecule has 0 spiro atoms. The van der Waals surface area contributed by atoms with Gasteiger partial charge in [-0.25, -0.2) is 17.8 Å². The van der Waals surface area contributed by atoms with Crippen LogP contribution in [-0.2, 0) is 10.0 Å². The monoisotopic (exact) mass is 424 g/mol. The maximum absolute atomic E-state index is 13.2. The molecule has 0 radical (unpaired) electrons. The second-order valence-electron chi connectivity index (χ2n) is 5.62. The molecule has 0 saturated carbocycles. The third-order valence-corrected chi connectivity index (χ3v) is 5.88. The summed E-state index contributed by atoms with van der Waals surface area (Å²) in [5.41, 5.74) is 0.408. The zero-order valence-corrected chi connectivity index (χ0v) is 15.4. The van der Waals surface area contributed by atoms with Crippen LogP contribution in [0.2, 0.25) is 0 Å². The molecule has 3 heterocycles. The smallest absolute Gasteiger partial charge is 0.293 e. The van der Waals surface area contributed by atoms with Crippen molar-refractivity contribution in [2.75, 3.05) is 17.5 Å².